The molecule has 100 valence electrons. The lowest BCUT2D eigenvalue weighted by molar-refractivity contribution is 0.270. The van der Waals surface area contributed by atoms with Crippen molar-refractivity contribution < 1.29 is 13.5 Å². The van der Waals surface area contributed by atoms with Crippen molar-refractivity contribution in [3.63, 3.8) is 0 Å². The van der Waals surface area contributed by atoms with Crippen LogP contribution >= 0.6 is 0 Å². The summed E-state index contributed by atoms with van der Waals surface area (Å²) >= 11 is 0. The third kappa shape index (κ3) is 2.94. The number of rotatable bonds is 3. The molecule has 1 atom stereocenters. The minimum atomic E-state index is -3.53. The molecule has 1 saturated heterocycles. The van der Waals surface area contributed by atoms with E-state index in [1.54, 1.807) is 12.1 Å². The predicted molar refractivity (Wildman–Crippen MR) is 70.7 cm³/mol. The van der Waals surface area contributed by atoms with Crippen LogP contribution in [0, 0.1) is 0 Å². The largest absolute Gasteiger partial charge is 0.508 e. The van der Waals surface area contributed by atoms with Crippen LogP contribution in [0.15, 0.2) is 24.3 Å². The third-order valence-corrected chi connectivity index (χ3v) is 4.80. The fraction of sp³-hybridized carbons (Fsp3) is 0.500. The van der Waals surface area contributed by atoms with Gasteiger partial charge in [0.15, 0.2) is 0 Å². The number of hydrogen-bond donors (Lipinski definition) is 2. The van der Waals surface area contributed by atoms with Gasteiger partial charge in [-0.05, 0) is 31.9 Å². The van der Waals surface area contributed by atoms with Crippen LogP contribution in [0.4, 0.5) is 5.69 Å². The first-order valence-electron chi connectivity index (χ1n) is 6.08. The molecule has 0 aromatic heterocycles. The Hall–Kier alpha value is -1.27. The van der Waals surface area contributed by atoms with Crippen LogP contribution in [0.2, 0.25) is 0 Å². The van der Waals surface area contributed by atoms with E-state index in [9.17, 15) is 13.5 Å². The lowest BCUT2D eigenvalue weighted by Gasteiger charge is -2.32. The molecule has 2 rings (SSSR count). The van der Waals surface area contributed by atoms with Crippen molar-refractivity contribution in [2.75, 3.05) is 11.3 Å². The number of aromatic hydroxyl groups is 1. The van der Waals surface area contributed by atoms with E-state index in [-0.39, 0.29) is 11.8 Å². The molecule has 2 N–H and O–H groups in total. The molecule has 1 heterocycles. The number of anilines is 1. The van der Waals surface area contributed by atoms with Crippen molar-refractivity contribution in [1.29, 1.82) is 0 Å². The topological polar surface area (TPSA) is 69.6 Å². The summed E-state index contributed by atoms with van der Waals surface area (Å²) in [5.41, 5.74) is 0.382. The molecule has 6 heteroatoms. The summed E-state index contributed by atoms with van der Waals surface area (Å²) in [5, 5.41) is 9.32. The van der Waals surface area contributed by atoms with Gasteiger partial charge in [0, 0.05) is 18.7 Å². The Balaban J connectivity index is 2.16. The molecule has 0 aliphatic carbocycles. The number of phenolic OH excluding ortho intramolecular Hbond substituents is 1. The summed E-state index contributed by atoms with van der Waals surface area (Å²) < 4.78 is 28.4. The van der Waals surface area contributed by atoms with E-state index in [4.69, 9.17) is 0 Å². The molecule has 0 radical (unpaired) electrons. The molecule has 1 unspecified atom stereocenters. The van der Waals surface area contributed by atoms with Gasteiger partial charge < -0.3 is 5.11 Å². The van der Waals surface area contributed by atoms with Gasteiger partial charge in [0.05, 0.1) is 5.69 Å². The normalized spacial score (nSPS) is 21.7. The lowest BCUT2D eigenvalue weighted by Crippen LogP contribution is -2.44. The van der Waals surface area contributed by atoms with Crippen LogP contribution in [0.3, 0.4) is 0 Å². The Morgan fingerprint density at radius 2 is 2.17 bits per heavy atom. The molecule has 1 aromatic rings. The highest BCUT2D eigenvalue weighted by atomic mass is 32.2. The van der Waals surface area contributed by atoms with E-state index in [2.05, 4.69) is 4.72 Å². The summed E-state index contributed by atoms with van der Waals surface area (Å²) in [6.45, 7) is 2.47. The van der Waals surface area contributed by atoms with Crippen molar-refractivity contribution in [3.8, 4) is 5.75 Å². The van der Waals surface area contributed by atoms with E-state index in [1.807, 2.05) is 6.92 Å². The number of nitrogens with zero attached hydrogens (tertiary/aromatic N) is 1. The Morgan fingerprint density at radius 1 is 1.39 bits per heavy atom. The molecule has 0 spiro atoms. The van der Waals surface area contributed by atoms with Crippen LogP contribution in [0.25, 0.3) is 0 Å². The second-order valence-electron chi connectivity index (χ2n) is 4.61. The summed E-state index contributed by atoms with van der Waals surface area (Å²) in [6, 6.07) is 6.14. The van der Waals surface area contributed by atoms with Crippen molar-refractivity contribution >= 4 is 15.9 Å². The van der Waals surface area contributed by atoms with Crippen LogP contribution < -0.4 is 4.72 Å². The van der Waals surface area contributed by atoms with Crippen LogP contribution in [-0.4, -0.2) is 30.4 Å². The minimum absolute atomic E-state index is 0.0218. The highest BCUT2D eigenvalue weighted by Gasteiger charge is 2.29. The first-order chi connectivity index (χ1) is 8.49. The van der Waals surface area contributed by atoms with Crippen molar-refractivity contribution in [3.05, 3.63) is 24.3 Å². The third-order valence-electron chi connectivity index (χ3n) is 3.14. The smallest absolute Gasteiger partial charge is 0.301 e. The average Bonchev–Trinajstić information content (AvgIpc) is 2.28. The summed E-state index contributed by atoms with van der Waals surface area (Å²) in [7, 11) is -3.53. The molecule has 5 nitrogen and oxygen atoms in total. The van der Waals surface area contributed by atoms with Crippen LogP contribution in [0.1, 0.15) is 26.2 Å². The fourth-order valence-electron chi connectivity index (χ4n) is 2.21. The first-order valence-corrected chi connectivity index (χ1v) is 7.52. The van der Waals surface area contributed by atoms with E-state index in [1.165, 1.54) is 16.4 Å². The first kappa shape index (κ1) is 13.2. The maximum Gasteiger partial charge on any atom is 0.301 e. The number of benzene rings is 1. The van der Waals surface area contributed by atoms with Crippen molar-refractivity contribution in [2.45, 2.75) is 32.2 Å². The van der Waals surface area contributed by atoms with Crippen LogP contribution in [-0.2, 0) is 10.2 Å². The van der Waals surface area contributed by atoms with Gasteiger partial charge in [-0.1, -0.05) is 12.5 Å². The molecular weight excluding hydrogens is 252 g/mol. The molecule has 1 aromatic carbocycles. The fourth-order valence-corrected chi connectivity index (χ4v) is 3.70. The molecule has 1 fully saturated rings. The zero-order valence-corrected chi connectivity index (χ0v) is 11.2. The van der Waals surface area contributed by atoms with Gasteiger partial charge in [-0.3, -0.25) is 4.72 Å². The van der Waals surface area contributed by atoms with Gasteiger partial charge in [0.1, 0.15) is 5.75 Å². The zero-order valence-electron chi connectivity index (χ0n) is 10.3. The van der Waals surface area contributed by atoms with Gasteiger partial charge >= 0.3 is 10.2 Å². The highest BCUT2D eigenvalue weighted by molar-refractivity contribution is 7.90. The van der Waals surface area contributed by atoms with Gasteiger partial charge in [-0.15, -0.1) is 0 Å². The van der Waals surface area contributed by atoms with E-state index in [0.717, 1.165) is 19.3 Å². The number of piperidine rings is 1. The van der Waals surface area contributed by atoms with Gasteiger partial charge in [0.25, 0.3) is 0 Å². The Bertz CT molecular complexity index is 516. The predicted octanol–water partition coefficient (Wildman–Crippen LogP) is 1.92. The molecule has 0 saturated carbocycles. The van der Waals surface area contributed by atoms with Gasteiger partial charge in [-0.2, -0.15) is 12.7 Å². The highest BCUT2D eigenvalue weighted by Crippen LogP contribution is 2.23. The Labute approximate surface area is 108 Å². The maximum atomic E-state index is 12.2. The lowest BCUT2D eigenvalue weighted by atomic mass is 10.1. The standard InChI is InChI=1S/C12H18N2O3S/c1-10-5-2-3-8-14(10)18(16,17)13-11-6-4-7-12(15)9-11/h4,6-7,9-10,13,15H,2-3,5,8H2,1H3. The second kappa shape index (κ2) is 5.16. The van der Waals surface area contributed by atoms with E-state index >= 15 is 0 Å². The Morgan fingerprint density at radius 3 is 2.83 bits per heavy atom. The molecule has 18 heavy (non-hydrogen) atoms. The van der Waals surface area contributed by atoms with Crippen LogP contribution in [0.5, 0.6) is 5.75 Å². The van der Waals surface area contributed by atoms with Crippen molar-refractivity contribution in [1.82, 2.24) is 4.31 Å². The van der Waals surface area contributed by atoms with Crippen molar-refractivity contribution in [2.24, 2.45) is 0 Å². The number of nitrogens with one attached hydrogen (secondary N) is 1. The Kier molecular flexibility index (Phi) is 3.77. The molecule has 1 aliphatic rings. The monoisotopic (exact) mass is 270 g/mol. The number of phenols is 1. The SMILES string of the molecule is CC1CCCCN1S(=O)(=O)Nc1cccc(O)c1. The average molecular weight is 270 g/mol. The van der Waals surface area contributed by atoms with E-state index in [0.29, 0.717) is 12.2 Å². The molecule has 1 aliphatic heterocycles. The molecule has 0 amide bonds. The minimum Gasteiger partial charge on any atom is -0.508 e. The molecular formula is C12H18N2O3S. The van der Waals surface area contributed by atoms with Gasteiger partial charge in [-0.25, -0.2) is 0 Å². The molecule has 0 bridgehead atoms. The summed E-state index contributed by atoms with van der Waals surface area (Å²) in [4.78, 5) is 0. The second-order valence-corrected chi connectivity index (χ2v) is 6.24. The summed E-state index contributed by atoms with van der Waals surface area (Å²) in [5.74, 6) is 0.0434. The quantitative estimate of drug-likeness (QED) is 0.881. The number of hydrogen-bond acceptors (Lipinski definition) is 3. The van der Waals surface area contributed by atoms with E-state index < -0.39 is 10.2 Å². The maximum absolute atomic E-state index is 12.2. The summed E-state index contributed by atoms with van der Waals surface area (Å²) in [6.07, 6.45) is 2.85. The zero-order chi connectivity index (χ0) is 13.2. The van der Waals surface area contributed by atoms with Gasteiger partial charge in [0.2, 0.25) is 0 Å².